The largest absolute Gasteiger partial charge is 0.390 e. The molecule has 0 spiro atoms. The van der Waals surface area contributed by atoms with Gasteiger partial charge in [0, 0.05) is 37.0 Å². The summed E-state index contributed by atoms with van der Waals surface area (Å²) in [6.45, 7) is 5.34. The lowest BCUT2D eigenvalue weighted by atomic mass is 9.94. The van der Waals surface area contributed by atoms with Gasteiger partial charge in [0.05, 0.1) is 5.60 Å². The van der Waals surface area contributed by atoms with E-state index in [0.717, 1.165) is 16.7 Å². The second-order valence-electron chi connectivity index (χ2n) is 7.59. The lowest BCUT2D eigenvalue weighted by molar-refractivity contribution is 0.0341. The van der Waals surface area contributed by atoms with Crippen LogP contribution in [0.2, 0.25) is 0 Å². The summed E-state index contributed by atoms with van der Waals surface area (Å²) in [6.07, 6.45) is 4.80. The number of anilines is 2. The molecule has 1 aromatic carbocycles. The molecule has 1 saturated heterocycles. The van der Waals surface area contributed by atoms with E-state index in [1.165, 1.54) is 0 Å². The van der Waals surface area contributed by atoms with E-state index in [0.29, 0.717) is 37.8 Å². The maximum atomic E-state index is 10.1. The number of piperidine rings is 1. The molecule has 2 aromatic heterocycles. The molecule has 3 N–H and O–H groups in total. The summed E-state index contributed by atoms with van der Waals surface area (Å²) in [7, 11) is 0. The summed E-state index contributed by atoms with van der Waals surface area (Å²) in [5.41, 5.74) is 7.96. The van der Waals surface area contributed by atoms with E-state index in [2.05, 4.69) is 27.0 Å². The highest BCUT2D eigenvalue weighted by atomic mass is 16.5. The Labute approximate surface area is 163 Å². The van der Waals surface area contributed by atoms with Gasteiger partial charge in [-0.1, -0.05) is 36.3 Å². The maximum Gasteiger partial charge on any atom is 0.324 e. The van der Waals surface area contributed by atoms with Crippen molar-refractivity contribution in [2.75, 3.05) is 23.7 Å². The van der Waals surface area contributed by atoms with Crippen LogP contribution in [0.1, 0.15) is 44.0 Å². The monoisotopic (exact) mass is 380 g/mol. The van der Waals surface area contributed by atoms with Gasteiger partial charge in [0.2, 0.25) is 5.95 Å². The van der Waals surface area contributed by atoms with Gasteiger partial charge in [-0.15, -0.1) is 0 Å². The molecule has 3 aromatic rings. The quantitative estimate of drug-likeness (QED) is 0.710. The fourth-order valence-electron chi connectivity index (χ4n) is 3.31. The molecule has 0 amide bonds. The van der Waals surface area contributed by atoms with Crippen LogP contribution in [0.25, 0.3) is 11.1 Å². The molecule has 1 unspecified atom stereocenters. The molecule has 1 fully saturated rings. The number of nitrogens with two attached hydrogens (primary N) is 1. The van der Waals surface area contributed by atoms with E-state index < -0.39 is 5.60 Å². The van der Waals surface area contributed by atoms with Gasteiger partial charge in [-0.05, 0) is 30.9 Å². The van der Waals surface area contributed by atoms with Crippen molar-refractivity contribution in [1.82, 2.24) is 20.1 Å². The third-order valence-electron chi connectivity index (χ3n) is 5.35. The van der Waals surface area contributed by atoms with Crippen molar-refractivity contribution < 1.29 is 9.63 Å². The zero-order valence-electron chi connectivity index (χ0n) is 16.0. The Morgan fingerprint density at radius 1 is 1.11 bits per heavy atom. The summed E-state index contributed by atoms with van der Waals surface area (Å²) >= 11 is 0. The number of nitrogen functional groups attached to an aromatic ring is 1. The van der Waals surface area contributed by atoms with Crippen molar-refractivity contribution in [3.63, 3.8) is 0 Å². The lowest BCUT2D eigenvalue weighted by Crippen LogP contribution is -2.42. The molecule has 28 heavy (non-hydrogen) atoms. The number of hydrogen-bond acceptors (Lipinski definition) is 8. The van der Waals surface area contributed by atoms with Crippen molar-refractivity contribution in [3.8, 4) is 11.1 Å². The maximum absolute atomic E-state index is 10.1. The van der Waals surface area contributed by atoms with Gasteiger partial charge in [-0.3, -0.25) is 0 Å². The van der Waals surface area contributed by atoms with Crippen LogP contribution < -0.4 is 10.6 Å². The smallest absolute Gasteiger partial charge is 0.324 e. The van der Waals surface area contributed by atoms with Gasteiger partial charge >= 0.3 is 6.01 Å². The van der Waals surface area contributed by atoms with Crippen LogP contribution >= 0.6 is 0 Å². The third kappa shape index (κ3) is 3.82. The van der Waals surface area contributed by atoms with E-state index in [-0.39, 0.29) is 11.9 Å². The molecule has 0 saturated carbocycles. The molecule has 1 aliphatic heterocycles. The fraction of sp³-hybridized carbons (Fsp3) is 0.400. The van der Waals surface area contributed by atoms with Crippen molar-refractivity contribution >= 4 is 12.0 Å². The molecule has 0 bridgehead atoms. The van der Waals surface area contributed by atoms with E-state index in [4.69, 9.17) is 10.3 Å². The molecule has 4 rings (SSSR count). The molecule has 1 aliphatic rings. The van der Waals surface area contributed by atoms with Crippen LogP contribution in [0.4, 0.5) is 12.0 Å². The predicted molar refractivity (Wildman–Crippen MR) is 106 cm³/mol. The minimum atomic E-state index is -0.607. The Kier molecular flexibility index (Phi) is 4.72. The number of aromatic nitrogens is 4. The first-order valence-corrected chi connectivity index (χ1v) is 9.40. The molecule has 8 heteroatoms. The van der Waals surface area contributed by atoms with Gasteiger partial charge in [-0.2, -0.15) is 4.98 Å². The van der Waals surface area contributed by atoms with Crippen LogP contribution in [0.3, 0.4) is 0 Å². The van der Waals surface area contributed by atoms with Gasteiger partial charge in [0.1, 0.15) is 0 Å². The van der Waals surface area contributed by atoms with Gasteiger partial charge < -0.3 is 20.3 Å². The number of rotatable bonds is 4. The van der Waals surface area contributed by atoms with Gasteiger partial charge in [-0.25, -0.2) is 9.97 Å². The second-order valence-corrected chi connectivity index (χ2v) is 7.59. The fourth-order valence-corrected chi connectivity index (χ4v) is 3.31. The van der Waals surface area contributed by atoms with Gasteiger partial charge in [0.25, 0.3) is 0 Å². The normalized spacial score (nSPS) is 17.5. The van der Waals surface area contributed by atoms with E-state index in [9.17, 15) is 5.11 Å². The first-order valence-electron chi connectivity index (χ1n) is 9.40. The van der Waals surface area contributed by atoms with Crippen molar-refractivity contribution in [2.24, 2.45) is 0 Å². The predicted octanol–water partition coefficient (Wildman–Crippen LogP) is 2.61. The Bertz CT molecular complexity index is 926. The summed E-state index contributed by atoms with van der Waals surface area (Å²) in [5.74, 6) is 0.914. The minimum absolute atomic E-state index is 0.00196. The first-order chi connectivity index (χ1) is 13.4. The molecule has 3 heterocycles. The molecular weight excluding hydrogens is 356 g/mol. The van der Waals surface area contributed by atoms with Crippen LogP contribution in [-0.4, -0.2) is 43.9 Å². The topological polar surface area (TPSA) is 114 Å². The van der Waals surface area contributed by atoms with Crippen LogP contribution in [0.5, 0.6) is 0 Å². The summed E-state index contributed by atoms with van der Waals surface area (Å²) in [5, 5.41) is 14.3. The molecule has 0 aliphatic carbocycles. The van der Waals surface area contributed by atoms with Crippen molar-refractivity contribution in [1.29, 1.82) is 0 Å². The Morgan fingerprint density at radius 3 is 2.39 bits per heavy atom. The highest BCUT2D eigenvalue weighted by Gasteiger charge is 2.30. The second kappa shape index (κ2) is 7.20. The standard InChI is InChI=1S/C20H24N6O2/c1-13(14-3-5-15(6-4-14)16-11-22-18(21)23-12-16)17-24-19(28-25-17)26-9-7-20(2,27)8-10-26/h3-6,11-13,27H,7-10H2,1-2H3,(H2,21,22,23). The molecule has 1 atom stereocenters. The van der Waals surface area contributed by atoms with E-state index in [1.54, 1.807) is 12.4 Å². The molecule has 0 radical (unpaired) electrons. The SMILES string of the molecule is CC(c1ccc(-c2cnc(N)nc2)cc1)c1noc(N2CCC(C)(O)CC2)n1. The van der Waals surface area contributed by atoms with Crippen LogP contribution in [0, 0.1) is 0 Å². The third-order valence-corrected chi connectivity index (χ3v) is 5.35. The zero-order valence-corrected chi connectivity index (χ0v) is 16.0. The summed E-state index contributed by atoms with van der Waals surface area (Å²) < 4.78 is 5.47. The highest BCUT2D eigenvalue weighted by molar-refractivity contribution is 5.62. The van der Waals surface area contributed by atoms with Crippen molar-refractivity contribution in [2.45, 2.75) is 38.2 Å². The number of nitrogens with zero attached hydrogens (tertiary/aromatic N) is 5. The number of aliphatic hydroxyl groups is 1. The van der Waals surface area contributed by atoms with Crippen molar-refractivity contribution in [3.05, 3.63) is 48.0 Å². The zero-order chi connectivity index (χ0) is 19.7. The van der Waals surface area contributed by atoms with E-state index in [1.807, 2.05) is 36.1 Å². The molecule has 8 nitrogen and oxygen atoms in total. The molecular formula is C20H24N6O2. The average molecular weight is 380 g/mol. The van der Waals surface area contributed by atoms with E-state index >= 15 is 0 Å². The summed E-state index contributed by atoms with van der Waals surface area (Å²) in [6, 6.07) is 8.66. The molecule has 146 valence electrons. The highest BCUT2D eigenvalue weighted by Crippen LogP contribution is 2.29. The number of hydrogen-bond donors (Lipinski definition) is 2. The Balaban J connectivity index is 1.47. The Morgan fingerprint density at radius 2 is 1.75 bits per heavy atom. The van der Waals surface area contributed by atoms with Crippen LogP contribution in [-0.2, 0) is 0 Å². The van der Waals surface area contributed by atoms with Gasteiger partial charge in [0.15, 0.2) is 5.82 Å². The van der Waals surface area contributed by atoms with Crippen LogP contribution in [0.15, 0.2) is 41.2 Å². The first kappa shape index (κ1) is 18.4. The average Bonchev–Trinajstić information content (AvgIpc) is 3.18. The lowest BCUT2D eigenvalue weighted by Gasteiger charge is -2.34. The Hall–Kier alpha value is -3.00. The number of benzene rings is 1. The minimum Gasteiger partial charge on any atom is -0.390 e. The summed E-state index contributed by atoms with van der Waals surface area (Å²) in [4.78, 5) is 14.7.